The summed E-state index contributed by atoms with van der Waals surface area (Å²) >= 11 is 0. The van der Waals surface area contributed by atoms with Gasteiger partial charge in [0.25, 0.3) is 5.56 Å². The van der Waals surface area contributed by atoms with E-state index in [4.69, 9.17) is 9.47 Å². The fraction of sp³-hybridized carbons (Fsp3) is 0.481. The Kier molecular flexibility index (Phi) is 7.56. The molecule has 230 valence electrons. The van der Waals surface area contributed by atoms with Crippen molar-refractivity contribution in [2.24, 2.45) is 0 Å². The number of aromatic nitrogens is 3. The molecule has 0 saturated carbocycles. The minimum absolute atomic E-state index is 0.0528. The van der Waals surface area contributed by atoms with Crippen molar-refractivity contribution in [2.45, 2.75) is 74.9 Å². The van der Waals surface area contributed by atoms with Gasteiger partial charge >= 0.3 is 12.1 Å². The topological polar surface area (TPSA) is 159 Å². The number of ether oxygens (including phenoxy) is 2. The molecule has 0 spiro atoms. The van der Waals surface area contributed by atoms with Gasteiger partial charge in [-0.05, 0) is 63.4 Å². The van der Waals surface area contributed by atoms with E-state index < -0.39 is 58.1 Å². The van der Waals surface area contributed by atoms with Gasteiger partial charge < -0.3 is 19.8 Å². The molecule has 16 heteroatoms. The van der Waals surface area contributed by atoms with Gasteiger partial charge in [0.2, 0.25) is 10.0 Å². The second kappa shape index (κ2) is 10.6. The van der Waals surface area contributed by atoms with Crippen LogP contribution in [0.4, 0.5) is 24.7 Å². The third-order valence-electron chi connectivity index (χ3n) is 7.20. The molecule has 12 nitrogen and oxygen atoms in total. The highest BCUT2D eigenvalue weighted by atomic mass is 32.2. The summed E-state index contributed by atoms with van der Waals surface area (Å²) in [5.41, 5.74) is -1.43. The van der Waals surface area contributed by atoms with Crippen molar-refractivity contribution in [1.82, 2.24) is 19.1 Å². The fourth-order valence-corrected chi connectivity index (χ4v) is 6.94. The molecule has 1 fully saturated rings. The van der Waals surface area contributed by atoms with Crippen molar-refractivity contribution >= 4 is 38.4 Å². The smallest absolute Gasteiger partial charge is 0.402 e. The number of carbonyl (C=O) groups excluding carboxylic acids is 1. The Bertz CT molecular complexity index is 1780. The van der Waals surface area contributed by atoms with Crippen LogP contribution in [-0.4, -0.2) is 64.5 Å². The zero-order valence-electron chi connectivity index (χ0n) is 23.5. The number of hydrogen-bond donors (Lipinski definition) is 2. The fourth-order valence-electron chi connectivity index (χ4n) is 5.34. The molecule has 43 heavy (non-hydrogen) atoms. The number of aromatic amines is 1. The number of fused-ring (bicyclic) bond motifs is 2. The molecule has 2 atom stereocenters. The summed E-state index contributed by atoms with van der Waals surface area (Å²) in [6.45, 7) is 3.08. The van der Waals surface area contributed by atoms with Crippen LogP contribution in [0.5, 0.6) is 0 Å². The zero-order chi connectivity index (χ0) is 31.4. The van der Waals surface area contributed by atoms with Crippen LogP contribution in [0.2, 0.25) is 0 Å². The van der Waals surface area contributed by atoms with Crippen LogP contribution in [-0.2, 0) is 36.4 Å². The SMILES string of the molecule is CC(C)(C)OC(=O)[C@@H]1CC[C@@](CC#N)(n2nc(Nc3ccc4c(c3)CN(CC(F)(F)F)S4(=O)=O)c3c(=O)[nH]ccc32)CO1. The third-order valence-corrected chi connectivity index (χ3v) is 9.09. The van der Waals surface area contributed by atoms with Crippen molar-refractivity contribution in [1.29, 1.82) is 5.26 Å². The van der Waals surface area contributed by atoms with E-state index in [2.05, 4.69) is 21.5 Å². The molecule has 1 saturated heterocycles. The largest absolute Gasteiger partial charge is 0.458 e. The Morgan fingerprint density at radius 2 is 2.05 bits per heavy atom. The molecule has 1 aromatic carbocycles. The van der Waals surface area contributed by atoms with Crippen LogP contribution in [0.15, 0.2) is 40.2 Å². The summed E-state index contributed by atoms with van der Waals surface area (Å²) < 4.78 is 77.4. The molecule has 3 aromatic rings. The number of esters is 1. The first-order valence-electron chi connectivity index (χ1n) is 13.3. The Balaban J connectivity index is 1.48. The number of hydrogen-bond acceptors (Lipinski definition) is 9. The number of H-pyrrole nitrogens is 1. The van der Waals surface area contributed by atoms with Crippen molar-refractivity contribution in [2.75, 3.05) is 18.5 Å². The molecule has 2 aliphatic heterocycles. The predicted molar refractivity (Wildman–Crippen MR) is 147 cm³/mol. The van der Waals surface area contributed by atoms with Crippen molar-refractivity contribution in [3.8, 4) is 6.07 Å². The maximum atomic E-state index is 13.0. The number of nitrogens with zero attached hydrogens (tertiary/aromatic N) is 4. The van der Waals surface area contributed by atoms with E-state index in [1.807, 2.05) is 0 Å². The van der Waals surface area contributed by atoms with E-state index in [1.165, 1.54) is 29.1 Å². The molecule has 5 rings (SSSR count). The monoisotopic (exact) mass is 622 g/mol. The minimum atomic E-state index is -4.71. The quantitative estimate of drug-likeness (QED) is 0.391. The molecule has 0 radical (unpaired) electrons. The van der Waals surface area contributed by atoms with E-state index >= 15 is 0 Å². The molecule has 2 N–H and O–H groups in total. The first-order chi connectivity index (χ1) is 20.0. The first-order valence-corrected chi connectivity index (χ1v) is 14.8. The average molecular weight is 623 g/mol. The Hall–Kier alpha value is -3.94. The van der Waals surface area contributed by atoms with Crippen molar-refractivity contribution in [3.63, 3.8) is 0 Å². The number of anilines is 2. The molecule has 2 aliphatic rings. The Morgan fingerprint density at radius 1 is 1.30 bits per heavy atom. The maximum Gasteiger partial charge on any atom is 0.402 e. The average Bonchev–Trinajstić information content (AvgIpc) is 3.38. The number of nitriles is 1. The minimum Gasteiger partial charge on any atom is -0.458 e. The normalized spacial score (nSPS) is 22.2. The van der Waals surface area contributed by atoms with Gasteiger partial charge in [0.1, 0.15) is 17.5 Å². The highest BCUT2D eigenvalue weighted by Gasteiger charge is 2.44. The molecule has 0 unspecified atom stereocenters. The molecule has 0 aliphatic carbocycles. The number of sulfonamides is 1. The number of rotatable bonds is 6. The number of alkyl halides is 3. The lowest BCUT2D eigenvalue weighted by Gasteiger charge is -2.39. The van der Waals surface area contributed by atoms with Gasteiger partial charge in [-0.15, -0.1) is 0 Å². The van der Waals surface area contributed by atoms with Gasteiger partial charge in [-0.2, -0.15) is 27.8 Å². The number of nitrogens with one attached hydrogen (secondary N) is 2. The molecule has 0 bridgehead atoms. The van der Waals surface area contributed by atoms with Gasteiger partial charge in [-0.1, -0.05) is 0 Å². The Labute approximate surface area is 244 Å². The molecular weight excluding hydrogens is 593 g/mol. The van der Waals surface area contributed by atoms with E-state index in [9.17, 15) is 36.4 Å². The number of pyridine rings is 1. The zero-order valence-corrected chi connectivity index (χ0v) is 24.3. The first kappa shape index (κ1) is 30.5. The van der Waals surface area contributed by atoms with E-state index in [1.54, 1.807) is 26.8 Å². The van der Waals surface area contributed by atoms with E-state index in [-0.39, 0.29) is 46.8 Å². The molecule has 2 aromatic heterocycles. The highest BCUT2D eigenvalue weighted by molar-refractivity contribution is 7.89. The van der Waals surface area contributed by atoms with Gasteiger partial charge in [0.15, 0.2) is 11.9 Å². The Morgan fingerprint density at radius 3 is 2.67 bits per heavy atom. The van der Waals surface area contributed by atoms with Crippen LogP contribution < -0.4 is 10.9 Å². The second-order valence-corrected chi connectivity index (χ2v) is 13.5. The van der Waals surface area contributed by atoms with Crippen LogP contribution in [0.1, 0.15) is 45.6 Å². The number of benzene rings is 1. The standard InChI is InChI=1S/C27H29F3N6O6S/c1-25(2,3)42-24(38)19-6-8-26(9-10-31,15-41-19)36-18-7-11-32-23(37)21(18)22(34-36)33-17-4-5-20-16(12-17)13-35(43(20,39)40)14-27(28,29)30/h4-5,7,11-12,19H,6,8-9,13-15H2,1-3H3,(H,32,37)(H,33,34)/t19-,26-/m0/s1. The van der Waals surface area contributed by atoms with Gasteiger partial charge in [-0.25, -0.2) is 13.2 Å². The van der Waals surface area contributed by atoms with Crippen LogP contribution >= 0.6 is 0 Å². The van der Waals surface area contributed by atoms with Gasteiger partial charge in [0, 0.05) is 18.4 Å². The van der Waals surface area contributed by atoms with Crippen molar-refractivity contribution in [3.05, 3.63) is 46.4 Å². The van der Waals surface area contributed by atoms with Gasteiger partial charge in [0.05, 0.1) is 35.0 Å². The summed E-state index contributed by atoms with van der Waals surface area (Å²) in [6, 6.07) is 7.73. The summed E-state index contributed by atoms with van der Waals surface area (Å²) in [7, 11) is -4.32. The second-order valence-electron chi connectivity index (χ2n) is 11.6. The summed E-state index contributed by atoms with van der Waals surface area (Å²) in [6.07, 6.45) is -3.64. The lowest BCUT2D eigenvalue weighted by Crippen LogP contribution is -2.47. The number of halogens is 3. The van der Waals surface area contributed by atoms with Crippen LogP contribution in [0, 0.1) is 11.3 Å². The highest BCUT2D eigenvalue weighted by Crippen LogP contribution is 2.39. The summed E-state index contributed by atoms with van der Waals surface area (Å²) in [4.78, 5) is 27.9. The van der Waals surface area contributed by atoms with Crippen LogP contribution in [0.25, 0.3) is 10.9 Å². The molecular formula is C27H29F3N6O6S. The maximum absolute atomic E-state index is 13.0. The summed E-state index contributed by atoms with van der Waals surface area (Å²) in [5.74, 6) is -0.439. The number of carbonyl (C=O) groups is 1. The van der Waals surface area contributed by atoms with E-state index in [0.29, 0.717) is 16.2 Å². The molecule has 0 amide bonds. The van der Waals surface area contributed by atoms with E-state index in [0.717, 1.165) is 0 Å². The van der Waals surface area contributed by atoms with Gasteiger partial charge in [-0.3, -0.25) is 9.48 Å². The van der Waals surface area contributed by atoms with Crippen LogP contribution in [0.3, 0.4) is 0 Å². The lowest BCUT2D eigenvalue weighted by atomic mass is 9.87. The predicted octanol–water partition coefficient (Wildman–Crippen LogP) is 3.66. The van der Waals surface area contributed by atoms with Crippen molar-refractivity contribution < 1.29 is 35.9 Å². The third kappa shape index (κ3) is 5.97. The summed E-state index contributed by atoms with van der Waals surface area (Å²) in [5, 5.41) is 17.5. The molecule has 4 heterocycles. The lowest BCUT2D eigenvalue weighted by molar-refractivity contribution is -0.176.